The van der Waals surface area contributed by atoms with Gasteiger partial charge in [-0.15, -0.1) is 11.8 Å². The molecule has 0 bridgehead atoms. The molecule has 102 valence electrons. The van der Waals surface area contributed by atoms with E-state index in [4.69, 9.17) is 0 Å². The maximum Gasteiger partial charge on any atom is 0.146 e. The summed E-state index contributed by atoms with van der Waals surface area (Å²) < 4.78 is 0. The minimum absolute atomic E-state index is 0.173. The molecule has 0 aliphatic carbocycles. The Hall–Kier alpha value is -0.800. The van der Waals surface area contributed by atoms with Gasteiger partial charge in [0, 0.05) is 23.1 Å². The number of ketones is 1. The van der Waals surface area contributed by atoms with Crippen LogP contribution in [0.4, 0.5) is 0 Å². The van der Waals surface area contributed by atoms with Crippen molar-refractivity contribution in [1.29, 1.82) is 0 Å². The first-order valence-electron chi connectivity index (χ1n) is 7.22. The summed E-state index contributed by atoms with van der Waals surface area (Å²) in [5, 5.41) is 0. The molecule has 2 atom stereocenters. The highest BCUT2D eigenvalue weighted by Crippen LogP contribution is 2.40. The monoisotopic (exact) mass is 275 g/mol. The molecule has 2 aliphatic rings. The second-order valence-corrected chi connectivity index (χ2v) is 6.72. The number of benzene rings is 1. The zero-order valence-electron chi connectivity index (χ0n) is 11.5. The summed E-state index contributed by atoms with van der Waals surface area (Å²) in [6, 6.07) is 8.90. The molecule has 0 aromatic heterocycles. The number of piperidine rings is 1. The summed E-state index contributed by atoms with van der Waals surface area (Å²) in [5.41, 5.74) is 1.49. The first-order chi connectivity index (χ1) is 9.25. The van der Waals surface area contributed by atoms with Crippen LogP contribution in [0.1, 0.15) is 37.7 Å². The van der Waals surface area contributed by atoms with E-state index in [0.717, 1.165) is 19.5 Å². The quantitative estimate of drug-likeness (QED) is 0.844. The summed E-state index contributed by atoms with van der Waals surface area (Å²) in [6.07, 6.45) is 3.50. The van der Waals surface area contributed by atoms with E-state index >= 15 is 0 Å². The highest BCUT2D eigenvalue weighted by molar-refractivity contribution is 7.99. The van der Waals surface area contributed by atoms with Gasteiger partial charge in [-0.25, -0.2) is 0 Å². The van der Waals surface area contributed by atoms with Crippen molar-refractivity contribution in [1.82, 2.24) is 4.90 Å². The topological polar surface area (TPSA) is 20.3 Å². The normalized spacial score (nSPS) is 27.2. The number of carbonyl (C=O) groups is 1. The van der Waals surface area contributed by atoms with Gasteiger partial charge in [0.25, 0.3) is 0 Å². The maximum absolute atomic E-state index is 11.8. The molecule has 2 unspecified atom stereocenters. The lowest BCUT2D eigenvalue weighted by atomic mass is 9.95. The van der Waals surface area contributed by atoms with Crippen LogP contribution in [0, 0.1) is 0 Å². The molecule has 2 aliphatic heterocycles. The van der Waals surface area contributed by atoms with Gasteiger partial charge in [-0.05, 0) is 37.9 Å². The molecule has 2 heterocycles. The van der Waals surface area contributed by atoms with Crippen LogP contribution >= 0.6 is 11.8 Å². The largest absolute Gasteiger partial charge is 0.298 e. The fourth-order valence-corrected chi connectivity index (χ4v) is 4.58. The lowest BCUT2D eigenvalue weighted by molar-refractivity contribution is -0.123. The lowest BCUT2D eigenvalue weighted by Gasteiger charge is -2.35. The number of Topliss-reactive ketones (excluding diaryl/α,β-unsaturated/α-hetero) is 1. The number of hydrogen-bond donors (Lipinski definition) is 0. The van der Waals surface area contributed by atoms with Gasteiger partial charge >= 0.3 is 0 Å². The molecule has 0 amide bonds. The molecule has 0 spiro atoms. The summed E-state index contributed by atoms with van der Waals surface area (Å²) in [4.78, 5) is 15.6. The number of rotatable bonds is 3. The molecule has 1 saturated heterocycles. The molecule has 0 saturated carbocycles. The van der Waals surface area contributed by atoms with Crippen molar-refractivity contribution in [3.05, 3.63) is 29.8 Å². The molecule has 0 radical (unpaired) electrons. The predicted octanol–water partition coefficient (Wildman–Crippen LogP) is 3.32. The second kappa shape index (κ2) is 5.68. The van der Waals surface area contributed by atoms with E-state index in [2.05, 4.69) is 29.2 Å². The third kappa shape index (κ3) is 2.72. The molecule has 0 N–H and O–H groups in total. The average Bonchev–Trinajstić information content (AvgIpc) is 2.83. The fourth-order valence-electron chi connectivity index (χ4n) is 3.33. The van der Waals surface area contributed by atoms with Gasteiger partial charge < -0.3 is 0 Å². The standard InChI is InChI=1S/C16H21NOS/c1-12(18)15-7-4-5-9-17(15)10-13-11-19-16-8-3-2-6-14(13)16/h2-3,6,8,13,15H,4-5,7,9-11H2,1H3. The van der Waals surface area contributed by atoms with Crippen molar-refractivity contribution in [3.8, 4) is 0 Å². The maximum atomic E-state index is 11.8. The number of hydrogen-bond acceptors (Lipinski definition) is 3. The van der Waals surface area contributed by atoms with Crippen molar-refractivity contribution in [2.24, 2.45) is 0 Å². The van der Waals surface area contributed by atoms with E-state index in [0.29, 0.717) is 11.7 Å². The van der Waals surface area contributed by atoms with Gasteiger partial charge in [0.1, 0.15) is 5.78 Å². The fraction of sp³-hybridized carbons (Fsp3) is 0.562. The van der Waals surface area contributed by atoms with Gasteiger partial charge in [0.2, 0.25) is 0 Å². The summed E-state index contributed by atoms with van der Waals surface area (Å²) in [7, 11) is 0. The first kappa shape index (κ1) is 13.2. The van der Waals surface area contributed by atoms with E-state index < -0.39 is 0 Å². The molecule has 2 nitrogen and oxygen atoms in total. The van der Waals surface area contributed by atoms with E-state index in [1.54, 1.807) is 6.92 Å². The van der Waals surface area contributed by atoms with E-state index in [1.165, 1.54) is 29.1 Å². The third-order valence-corrected chi connectivity index (χ3v) is 5.59. The molecule has 1 fully saturated rings. The van der Waals surface area contributed by atoms with Crippen molar-refractivity contribution in [2.45, 2.75) is 43.0 Å². The molecular formula is C16H21NOS. The zero-order chi connectivity index (χ0) is 13.2. The number of thioether (sulfide) groups is 1. The van der Waals surface area contributed by atoms with Gasteiger partial charge in [0.05, 0.1) is 6.04 Å². The van der Waals surface area contributed by atoms with Crippen molar-refractivity contribution < 1.29 is 4.79 Å². The SMILES string of the molecule is CC(=O)C1CCCCN1CC1CSc2ccccc21. The van der Waals surface area contributed by atoms with Crippen molar-refractivity contribution in [3.63, 3.8) is 0 Å². The Labute approximate surface area is 119 Å². The van der Waals surface area contributed by atoms with Gasteiger partial charge in [-0.2, -0.15) is 0 Å². The minimum atomic E-state index is 0.173. The zero-order valence-corrected chi connectivity index (χ0v) is 12.3. The van der Waals surface area contributed by atoms with Crippen LogP contribution in [0.3, 0.4) is 0 Å². The second-order valence-electron chi connectivity index (χ2n) is 5.66. The van der Waals surface area contributed by atoms with Crippen LogP contribution < -0.4 is 0 Å². The Balaban J connectivity index is 1.73. The van der Waals surface area contributed by atoms with Crippen molar-refractivity contribution in [2.75, 3.05) is 18.8 Å². The van der Waals surface area contributed by atoms with Crippen LogP contribution in [0.15, 0.2) is 29.2 Å². The third-order valence-electron chi connectivity index (χ3n) is 4.34. The van der Waals surface area contributed by atoms with Crippen LogP contribution in [-0.4, -0.2) is 35.6 Å². The Kier molecular flexibility index (Phi) is 3.94. The number of likely N-dealkylation sites (tertiary alicyclic amines) is 1. The Morgan fingerprint density at radius 2 is 2.21 bits per heavy atom. The Morgan fingerprint density at radius 3 is 3.05 bits per heavy atom. The highest BCUT2D eigenvalue weighted by Gasteiger charge is 2.31. The van der Waals surface area contributed by atoms with Crippen molar-refractivity contribution >= 4 is 17.5 Å². The first-order valence-corrected chi connectivity index (χ1v) is 8.20. The molecule has 19 heavy (non-hydrogen) atoms. The summed E-state index contributed by atoms with van der Waals surface area (Å²) >= 11 is 1.96. The Morgan fingerprint density at radius 1 is 1.37 bits per heavy atom. The Bertz CT molecular complexity index is 474. The number of carbonyl (C=O) groups excluding carboxylic acids is 1. The highest BCUT2D eigenvalue weighted by atomic mass is 32.2. The molecular weight excluding hydrogens is 254 g/mol. The predicted molar refractivity (Wildman–Crippen MR) is 79.8 cm³/mol. The molecule has 3 rings (SSSR count). The van der Waals surface area contributed by atoms with Crippen LogP contribution in [0.2, 0.25) is 0 Å². The van der Waals surface area contributed by atoms with Gasteiger partial charge in [-0.1, -0.05) is 24.6 Å². The van der Waals surface area contributed by atoms with E-state index in [1.807, 2.05) is 11.8 Å². The minimum Gasteiger partial charge on any atom is -0.298 e. The molecule has 1 aromatic rings. The molecule has 3 heteroatoms. The number of fused-ring (bicyclic) bond motifs is 1. The summed E-state index contributed by atoms with van der Waals surface area (Å²) in [6.45, 7) is 3.89. The van der Waals surface area contributed by atoms with Crippen LogP contribution in [0.5, 0.6) is 0 Å². The van der Waals surface area contributed by atoms with Gasteiger partial charge in [-0.3, -0.25) is 9.69 Å². The van der Waals surface area contributed by atoms with E-state index in [-0.39, 0.29) is 6.04 Å². The summed E-state index contributed by atoms with van der Waals surface area (Å²) in [5.74, 6) is 2.11. The lowest BCUT2D eigenvalue weighted by Crippen LogP contribution is -2.45. The average molecular weight is 275 g/mol. The van der Waals surface area contributed by atoms with Crippen LogP contribution in [0.25, 0.3) is 0 Å². The van der Waals surface area contributed by atoms with Crippen LogP contribution in [-0.2, 0) is 4.79 Å². The smallest absolute Gasteiger partial charge is 0.146 e. The molecule has 1 aromatic carbocycles. The number of nitrogens with zero attached hydrogens (tertiary/aromatic N) is 1. The van der Waals surface area contributed by atoms with E-state index in [9.17, 15) is 4.79 Å². The van der Waals surface area contributed by atoms with Gasteiger partial charge in [0.15, 0.2) is 0 Å².